The number of nitro benzene ring substituents is 2. The number of hydrogen-bond donors (Lipinski definition) is 0. The summed E-state index contributed by atoms with van der Waals surface area (Å²) in [6.07, 6.45) is 0. The quantitative estimate of drug-likeness (QED) is 0.257. The van der Waals surface area contributed by atoms with Crippen LogP contribution in [0.15, 0.2) is 76.5 Å². The van der Waals surface area contributed by atoms with E-state index in [1.54, 1.807) is 0 Å². The van der Waals surface area contributed by atoms with Crippen molar-refractivity contribution >= 4 is 31.6 Å². The highest BCUT2D eigenvalue weighted by Crippen LogP contribution is 2.32. The fraction of sp³-hybridized carbons (Fsp3) is 0.0526. The summed E-state index contributed by atoms with van der Waals surface area (Å²) in [5.41, 5.74) is -0.581. The van der Waals surface area contributed by atoms with Gasteiger partial charge in [0.15, 0.2) is 0 Å². The van der Waals surface area contributed by atoms with E-state index in [1.807, 2.05) is 0 Å². The molecule has 0 aliphatic heterocycles. The topological polar surface area (TPSA) is 173 Å². The van der Waals surface area contributed by atoms with Crippen LogP contribution in [0.3, 0.4) is 0 Å². The molecule has 0 radical (unpaired) electrons. The molecule has 0 saturated carbocycles. The van der Waals surface area contributed by atoms with E-state index < -0.39 is 30.1 Å². The SMILES string of the molecule is Cc1c(OS(=O)(=O)c2ccc([N+](=O)[O-])cc2)cccc1OS(=O)(=O)c1ccc([N+](=O)[O-])cc1. The van der Waals surface area contributed by atoms with E-state index in [0.717, 1.165) is 48.5 Å². The Morgan fingerprint density at radius 2 is 0.970 bits per heavy atom. The van der Waals surface area contributed by atoms with Crippen molar-refractivity contribution in [3.05, 3.63) is 92.5 Å². The van der Waals surface area contributed by atoms with Gasteiger partial charge in [0.25, 0.3) is 11.4 Å². The normalized spacial score (nSPS) is 11.5. The maximum Gasteiger partial charge on any atom is 0.339 e. The number of benzene rings is 3. The fourth-order valence-corrected chi connectivity index (χ4v) is 4.54. The first-order valence-corrected chi connectivity index (χ1v) is 11.7. The fourth-order valence-electron chi connectivity index (χ4n) is 2.58. The van der Waals surface area contributed by atoms with Crippen molar-refractivity contribution in [2.45, 2.75) is 16.7 Å². The van der Waals surface area contributed by atoms with Gasteiger partial charge in [-0.05, 0) is 43.3 Å². The Labute approximate surface area is 187 Å². The van der Waals surface area contributed by atoms with Crippen molar-refractivity contribution in [1.29, 1.82) is 0 Å². The minimum atomic E-state index is -4.40. The Morgan fingerprint density at radius 3 is 1.27 bits per heavy atom. The molecule has 0 bridgehead atoms. The van der Waals surface area contributed by atoms with E-state index in [1.165, 1.54) is 25.1 Å². The van der Waals surface area contributed by atoms with Gasteiger partial charge in [-0.25, -0.2) is 0 Å². The highest BCUT2D eigenvalue weighted by molar-refractivity contribution is 7.87. The number of hydrogen-bond acceptors (Lipinski definition) is 10. The Bertz CT molecular complexity index is 1330. The van der Waals surface area contributed by atoms with Crippen LogP contribution in [0, 0.1) is 27.2 Å². The zero-order valence-electron chi connectivity index (χ0n) is 16.6. The molecule has 0 N–H and O–H groups in total. The summed E-state index contributed by atoms with van der Waals surface area (Å²) in [6.45, 7) is 1.36. The Morgan fingerprint density at radius 1 is 0.636 bits per heavy atom. The average molecular weight is 494 g/mol. The molecule has 0 heterocycles. The minimum Gasteiger partial charge on any atom is -0.379 e. The Hall–Kier alpha value is -4.04. The van der Waals surface area contributed by atoms with Crippen LogP contribution in [0.5, 0.6) is 11.5 Å². The number of nitro groups is 2. The molecule has 0 unspecified atom stereocenters. The van der Waals surface area contributed by atoms with Crippen LogP contribution in [0.25, 0.3) is 0 Å². The van der Waals surface area contributed by atoms with Gasteiger partial charge >= 0.3 is 20.2 Å². The van der Waals surface area contributed by atoms with Crippen molar-refractivity contribution < 1.29 is 35.0 Å². The van der Waals surface area contributed by atoms with Crippen LogP contribution in [0.2, 0.25) is 0 Å². The van der Waals surface area contributed by atoms with Crippen molar-refractivity contribution in [3.8, 4) is 11.5 Å². The molecule has 0 spiro atoms. The predicted molar refractivity (Wildman–Crippen MR) is 113 cm³/mol. The van der Waals surface area contributed by atoms with E-state index in [2.05, 4.69) is 0 Å². The standard InChI is InChI=1S/C19H14N2O10S2/c1-13-18(30-32(26,27)16-9-5-14(6-10-16)20(22)23)3-2-4-19(13)31-33(28,29)17-11-7-15(8-12-17)21(24)25/h2-12H,1H3. The summed E-state index contributed by atoms with van der Waals surface area (Å²) in [6, 6.07) is 11.8. The molecular formula is C19H14N2O10S2. The summed E-state index contributed by atoms with van der Waals surface area (Å²) >= 11 is 0. The van der Waals surface area contributed by atoms with E-state index in [-0.39, 0.29) is 38.2 Å². The smallest absolute Gasteiger partial charge is 0.339 e. The molecule has 3 rings (SSSR count). The van der Waals surface area contributed by atoms with Gasteiger partial charge in [0.1, 0.15) is 21.3 Å². The highest BCUT2D eigenvalue weighted by atomic mass is 32.2. The van der Waals surface area contributed by atoms with Crippen LogP contribution in [-0.2, 0) is 20.2 Å². The molecule has 0 atom stereocenters. The van der Waals surface area contributed by atoms with Gasteiger partial charge in [-0.3, -0.25) is 20.2 Å². The largest absolute Gasteiger partial charge is 0.379 e. The molecule has 3 aromatic carbocycles. The molecule has 12 nitrogen and oxygen atoms in total. The average Bonchev–Trinajstić information content (AvgIpc) is 2.76. The zero-order chi connectivity index (χ0) is 24.4. The minimum absolute atomic E-state index is 0.0356. The Kier molecular flexibility index (Phi) is 6.32. The second-order valence-electron chi connectivity index (χ2n) is 6.46. The maximum absolute atomic E-state index is 12.5. The van der Waals surface area contributed by atoms with Gasteiger partial charge in [0, 0.05) is 29.8 Å². The van der Waals surface area contributed by atoms with E-state index in [4.69, 9.17) is 8.37 Å². The molecular weight excluding hydrogens is 480 g/mol. The van der Waals surface area contributed by atoms with Crippen molar-refractivity contribution in [2.24, 2.45) is 0 Å². The van der Waals surface area contributed by atoms with Crippen LogP contribution in [0.1, 0.15) is 5.56 Å². The summed E-state index contributed by atoms with van der Waals surface area (Å²) < 4.78 is 60.3. The molecule has 0 amide bonds. The molecule has 0 fully saturated rings. The van der Waals surface area contributed by atoms with Gasteiger partial charge in [0.05, 0.1) is 9.85 Å². The van der Waals surface area contributed by atoms with E-state index in [9.17, 15) is 37.1 Å². The maximum atomic E-state index is 12.5. The molecule has 172 valence electrons. The zero-order valence-corrected chi connectivity index (χ0v) is 18.3. The van der Waals surface area contributed by atoms with Crippen molar-refractivity contribution in [2.75, 3.05) is 0 Å². The monoisotopic (exact) mass is 494 g/mol. The summed E-state index contributed by atoms with van der Waals surface area (Å²) in [7, 11) is -8.79. The first kappa shape index (κ1) is 23.6. The van der Waals surface area contributed by atoms with Crippen LogP contribution in [-0.4, -0.2) is 26.7 Å². The van der Waals surface area contributed by atoms with Crippen LogP contribution in [0.4, 0.5) is 11.4 Å². The molecule has 14 heteroatoms. The third-order valence-corrected chi connectivity index (χ3v) is 6.80. The highest BCUT2D eigenvalue weighted by Gasteiger charge is 2.23. The lowest BCUT2D eigenvalue weighted by Crippen LogP contribution is -2.13. The first-order chi connectivity index (χ1) is 15.4. The molecule has 0 aromatic heterocycles. The summed E-state index contributed by atoms with van der Waals surface area (Å²) in [4.78, 5) is 19.4. The molecule has 33 heavy (non-hydrogen) atoms. The summed E-state index contributed by atoms with van der Waals surface area (Å²) in [5, 5.41) is 21.5. The van der Waals surface area contributed by atoms with E-state index >= 15 is 0 Å². The number of rotatable bonds is 8. The summed E-state index contributed by atoms with van der Waals surface area (Å²) in [5.74, 6) is -0.463. The lowest BCUT2D eigenvalue weighted by atomic mass is 10.2. The van der Waals surface area contributed by atoms with Gasteiger partial charge in [0.2, 0.25) is 0 Å². The second-order valence-corrected chi connectivity index (χ2v) is 9.55. The molecule has 0 aliphatic carbocycles. The lowest BCUT2D eigenvalue weighted by molar-refractivity contribution is -0.385. The molecule has 0 saturated heterocycles. The first-order valence-electron chi connectivity index (χ1n) is 8.88. The Balaban J connectivity index is 1.87. The van der Waals surface area contributed by atoms with Gasteiger partial charge in [-0.1, -0.05) is 6.07 Å². The molecule has 0 aliphatic rings. The number of non-ortho nitro benzene ring substituents is 2. The second kappa shape index (κ2) is 8.84. The van der Waals surface area contributed by atoms with Crippen LogP contribution >= 0.6 is 0 Å². The predicted octanol–water partition coefficient (Wildman–Crippen LogP) is 3.35. The van der Waals surface area contributed by atoms with Crippen molar-refractivity contribution in [1.82, 2.24) is 0 Å². The van der Waals surface area contributed by atoms with Gasteiger partial charge < -0.3 is 8.37 Å². The van der Waals surface area contributed by atoms with Gasteiger partial charge in [-0.15, -0.1) is 0 Å². The van der Waals surface area contributed by atoms with Crippen LogP contribution < -0.4 is 8.37 Å². The third kappa shape index (κ3) is 5.24. The third-order valence-electron chi connectivity index (χ3n) is 4.31. The van der Waals surface area contributed by atoms with Crippen molar-refractivity contribution in [3.63, 3.8) is 0 Å². The van der Waals surface area contributed by atoms with Gasteiger partial charge in [-0.2, -0.15) is 16.8 Å². The van der Waals surface area contributed by atoms with E-state index in [0.29, 0.717) is 0 Å². The lowest BCUT2D eigenvalue weighted by Gasteiger charge is -2.13. The number of nitrogens with zero attached hydrogens (tertiary/aromatic N) is 2. The molecule has 3 aromatic rings.